The number of ether oxygens (including phenoxy) is 2. The highest BCUT2D eigenvalue weighted by molar-refractivity contribution is 7.80. The average Bonchev–Trinajstić information content (AvgIpc) is 2.85. The molecule has 1 rings (SSSR count). The molecule has 0 amide bonds. The molecule has 0 aliphatic rings. The van der Waals surface area contributed by atoms with E-state index in [2.05, 4.69) is 22.8 Å². The Morgan fingerprint density at radius 2 is 1.26 bits per heavy atom. The van der Waals surface area contributed by atoms with E-state index in [1.54, 1.807) is 20.4 Å². The molecule has 0 spiro atoms. The van der Waals surface area contributed by atoms with Gasteiger partial charge in [0.2, 0.25) is 0 Å². The van der Waals surface area contributed by atoms with Crippen LogP contribution in [0.1, 0.15) is 115 Å². The predicted octanol–water partition coefficient (Wildman–Crippen LogP) is 7.76. The highest BCUT2D eigenvalue weighted by Gasteiger charge is 2.03. The summed E-state index contributed by atoms with van der Waals surface area (Å²) in [5.74, 6) is 1.37. The van der Waals surface area contributed by atoms with Gasteiger partial charge in [0.25, 0.3) is 0 Å². The van der Waals surface area contributed by atoms with Crippen LogP contribution >= 0.6 is 12.2 Å². The van der Waals surface area contributed by atoms with Crippen molar-refractivity contribution >= 4 is 23.5 Å². The first-order valence-electron chi connectivity index (χ1n) is 13.5. The van der Waals surface area contributed by atoms with Crippen molar-refractivity contribution in [2.75, 3.05) is 20.8 Å². The lowest BCUT2D eigenvalue weighted by Crippen LogP contribution is -2.32. The minimum Gasteiger partial charge on any atom is -0.493 e. The van der Waals surface area contributed by atoms with Crippen LogP contribution in [0, 0.1) is 0 Å². The van der Waals surface area contributed by atoms with Crippen molar-refractivity contribution in [2.45, 2.75) is 110 Å². The molecule has 0 aromatic heterocycles. The van der Waals surface area contributed by atoms with Crippen LogP contribution in [0.2, 0.25) is 0 Å². The number of hydrazone groups is 1. The van der Waals surface area contributed by atoms with Crippen LogP contribution in [0.5, 0.6) is 11.5 Å². The number of nitrogens with zero attached hydrogens (tertiary/aromatic N) is 1. The SMILES string of the molecule is CCCCCCCCCCCCCCCCCCNC(=S)N/N=C/c1ccc(OC)c(OC)c1. The number of methoxy groups -OCH3 is 2. The zero-order valence-electron chi connectivity index (χ0n) is 22.0. The molecule has 0 saturated heterocycles. The topological polar surface area (TPSA) is 54.9 Å². The lowest BCUT2D eigenvalue weighted by atomic mass is 10.0. The molecule has 0 bridgehead atoms. The Bertz CT molecular complexity index is 667. The van der Waals surface area contributed by atoms with E-state index < -0.39 is 0 Å². The molecule has 0 aliphatic carbocycles. The van der Waals surface area contributed by atoms with Crippen LogP contribution in [0.4, 0.5) is 0 Å². The molecule has 0 heterocycles. The quantitative estimate of drug-likeness (QED) is 0.0796. The van der Waals surface area contributed by atoms with Crippen molar-refractivity contribution in [1.82, 2.24) is 10.7 Å². The summed E-state index contributed by atoms with van der Waals surface area (Å²) in [6.45, 7) is 3.17. The monoisotopic (exact) mass is 491 g/mol. The molecule has 0 fully saturated rings. The van der Waals surface area contributed by atoms with Gasteiger partial charge >= 0.3 is 0 Å². The van der Waals surface area contributed by atoms with Gasteiger partial charge < -0.3 is 14.8 Å². The molecule has 2 N–H and O–H groups in total. The normalized spacial score (nSPS) is 11.0. The highest BCUT2D eigenvalue weighted by Crippen LogP contribution is 2.26. The van der Waals surface area contributed by atoms with Crippen molar-refractivity contribution in [3.05, 3.63) is 23.8 Å². The number of benzene rings is 1. The van der Waals surface area contributed by atoms with Gasteiger partial charge in [0, 0.05) is 6.54 Å². The summed E-state index contributed by atoms with van der Waals surface area (Å²) in [5.41, 5.74) is 3.78. The van der Waals surface area contributed by atoms with Crippen LogP contribution in [-0.4, -0.2) is 32.1 Å². The molecular weight excluding hydrogens is 442 g/mol. The van der Waals surface area contributed by atoms with Gasteiger partial charge in [-0.25, -0.2) is 0 Å². The third-order valence-electron chi connectivity index (χ3n) is 6.10. The van der Waals surface area contributed by atoms with E-state index in [0.29, 0.717) is 16.6 Å². The van der Waals surface area contributed by atoms with Crippen molar-refractivity contribution < 1.29 is 9.47 Å². The maximum atomic E-state index is 5.30. The van der Waals surface area contributed by atoms with Crippen LogP contribution < -0.4 is 20.2 Å². The Morgan fingerprint density at radius 1 is 0.765 bits per heavy atom. The van der Waals surface area contributed by atoms with Gasteiger partial charge in [-0.3, -0.25) is 5.43 Å². The standard InChI is InChI=1S/C28H49N3O2S/c1-4-5-6-7-8-9-10-11-12-13-14-15-16-17-18-19-22-29-28(34)31-30-24-25-20-21-26(32-2)27(23-25)33-3/h20-21,23-24H,4-19,22H2,1-3H3,(H2,29,31,34)/b30-24+. The zero-order valence-corrected chi connectivity index (χ0v) is 22.8. The third-order valence-corrected chi connectivity index (χ3v) is 6.34. The fraction of sp³-hybridized carbons (Fsp3) is 0.714. The van der Waals surface area contributed by atoms with Crippen molar-refractivity contribution in [3.8, 4) is 11.5 Å². The lowest BCUT2D eigenvalue weighted by molar-refractivity contribution is 0.355. The number of hydrogen-bond donors (Lipinski definition) is 2. The second-order valence-corrected chi connectivity index (χ2v) is 9.45. The van der Waals surface area contributed by atoms with E-state index >= 15 is 0 Å². The molecule has 1 aromatic carbocycles. The smallest absolute Gasteiger partial charge is 0.186 e. The summed E-state index contributed by atoms with van der Waals surface area (Å²) in [6.07, 6.45) is 23.8. The van der Waals surface area contributed by atoms with Gasteiger partial charge in [0.1, 0.15) is 0 Å². The largest absolute Gasteiger partial charge is 0.493 e. The average molecular weight is 492 g/mol. The fourth-order valence-electron chi connectivity index (χ4n) is 4.01. The summed E-state index contributed by atoms with van der Waals surface area (Å²) >= 11 is 5.29. The maximum absolute atomic E-state index is 5.30. The number of thiocarbonyl (C=S) groups is 1. The molecule has 6 heteroatoms. The minimum atomic E-state index is 0.553. The Labute approximate surface area is 214 Å². The van der Waals surface area contributed by atoms with E-state index in [4.69, 9.17) is 21.7 Å². The first kappa shape index (κ1) is 30.2. The minimum absolute atomic E-state index is 0.553. The molecule has 5 nitrogen and oxygen atoms in total. The Hall–Kier alpha value is -1.82. The van der Waals surface area contributed by atoms with Gasteiger partial charge in [-0.2, -0.15) is 5.10 Å². The first-order chi connectivity index (χ1) is 16.7. The van der Waals surface area contributed by atoms with Crippen LogP contribution in [0.15, 0.2) is 23.3 Å². The lowest BCUT2D eigenvalue weighted by Gasteiger charge is -2.08. The van der Waals surface area contributed by atoms with E-state index in [9.17, 15) is 0 Å². The maximum Gasteiger partial charge on any atom is 0.186 e. The molecule has 0 atom stereocenters. The van der Waals surface area contributed by atoms with E-state index in [-0.39, 0.29) is 0 Å². The molecule has 34 heavy (non-hydrogen) atoms. The van der Waals surface area contributed by atoms with Gasteiger partial charge in [-0.05, 0) is 42.4 Å². The van der Waals surface area contributed by atoms with Gasteiger partial charge in [0.15, 0.2) is 16.6 Å². The third kappa shape index (κ3) is 15.9. The Balaban J connectivity index is 1.90. The van der Waals surface area contributed by atoms with Crippen LogP contribution in [0.25, 0.3) is 0 Å². The van der Waals surface area contributed by atoms with Crippen molar-refractivity contribution in [3.63, 3.8) is 0 Å². The van der Waals surface area contributed by atoms with E-state index in [0.717, 1.165) is 18.5 Å². The van der Waals surface area contributed by atoms with Gasteiger partial charge in [-0.1, -0.05) is 103 Å². The number of rotatable bonds is 21. The second-order valence-electron chi connectivity index (χ2n) is 9.04. The molecule has 0 unspecified atom stereocenters. The van der Waals surface area contributed by atoms with Gasteiger partial charge in [-0.15, -0.1) is 0 Å². The second kappa shape index (κ2) is 21.7. The van der Waals surface area contributed by atoms with Crippen LogP contribution in [0.3, 0.4) is 0 Å². The highest BCUT2D eigenvalue weighted by atomic mass is 32.1. The number of unbranched alkanes of at least 4 members (excludes halogenated alkanes) is 15. The number of hydrogen-bond acceptors (Lipinski definition) is 4. The first-order valence-corrected chi connectivity index (χ1v) is 13.9. The molecule has 0 aliphatic heterocycles. The number of nitrogens with one attached hydrogen (secondary N) is 2. The summed E-state index contributed by atoms with van der Waals surface area (Å²) in [6, 6.07) is 5.64. The molecule has 0 radical (unpaired) electrons. The van der Waals surface area contributed by atoms with Crippen molar-refractivity contribution in [1.29, 1.82) is 0 Å². The van der Waals surface area contributed by atoms with E-state index in [1.165, 1.54) is 96.3 Å². The molecule has 1 aromatic rings. The van der Waals surface area contributed by atoms with Crippen molar-refractivity contribution in [2.24, 2.45) is 5.10 Å². The molecule has 194 valence electrons. The van der Waals surface area contributed by atoms with E-state index in [1.807, 2.05) is 18.2 Å². The summed E-state index contributed by atoms with van der Waals surface area (Å²) < 4.78 is 10.5. The summed E-state index contributed by atoms with van der Waals surface area (Å²) in [5, 5.41) is 7.97. The van der Waals surface area contributed by atoms with Gasteiger partial charge in [0.05, 0.1) is 20.4 Å². The zero-order chi connectivity index (χ0) is 24.7. The Morgan fingerprint density at radius 3 is 1.76 bits per heavy atom. The summed E-state index contributed by atoms with van der Waals surface area (Å²) in [4.78, 5) is 0. The summed E-state index contributed by atoms with van der Waals surface area (Å²) in [7, 11) is 3.24. The van der Waals surface area contributed by atoms with Crippen LogP contribution in [-0.2, 0) is 0 Å². The fourth-order valence-corrected chi connectivity index (χ4v) is 4.17. The predicted molar refractivity (Wildman–Crippen MR) is 150 cm³/mol. The molecular formula is C28H49N3O2S. The molecule has 0 saturated carbocycles. The Kier molecular flexibility index (Phi) is 19.3.